The van der Waals surface area contributed by atoms with E-state index in [1.807, 2.05) is 0 Å². The molecule has 0 saturated carbocycles. The highest BCUT2D eigenvalue weighted by molar-refractivity contribution is 7.89. The van der Waals surface area contributed by atoms with Gasteiger partial charge in [0.25, 0.3) is 5.91 Å². The number of aryl methyl sites for hydroxylation is 1. The number of hydrogen-bond donors (Lipinski definition) is 2. The van der Waals surface area contributed by atoms with Crippen molar-refractivity contribution in [1.29, 1.82) is 0 Å². The molecule has 2 heterocycles. The first kappa shape index (κ1) is 17.9. The fourth-order valence-electron chi connectivity index (χ4n) is 2.49. The molecule has 2 aromatic heterocycles. The van der Waals surface area contributed by atoms with Crippen LogP contribution in [-0.4, -0.2) is 30.7 Å². The van der Waals surface area contributed by atoms with Gasteiger partial charge in [-0.05, 0) is 36.2 Å². The zero-order chi connectivity index (χ0) is 18.7. The Morgan fingerprint density at radius 3 is 2.62 bits per heavy atom. The Hall–Kier alpha value is -2.91. The summed E-state index contributed by atoms with van der Waals surface area (Å²) in [5, 5.41) is 12.0. The SMILES string of the molecule is Cn1nc(C(=O)NCCc2ccc(S(N)(=O)=O)cc2)cc1-c1ccco1. The lowest BCUT2D eigenvalue weighted by molar-refractivity contribution is 0.0948. The van der Waals surface area contributed by atoms with Crippen LogP contribution in [0.1, 0.15) is 16.1 Å². The van der Waals surface area contributed by atoms with Crippen LogP contribution in [0.4, 0.5) is 0 Å². The lowest BCUT2D eigenvalue weighted by Gasteiger charge is -2.04. The van der Waals surface area contributed by atoms with Crippen molar-refractivity contribution >= 4 is 15.9 Å². The molecule has 0 aliphatic carbocycles. The van der Waals surface area contributed by atoms with Crippen molar-refractivity contribution in [1.82, 2.24) is 15.1 Å². The number of benzene rings is 1. The average molecular weight is 374 g/mol. The van der Waals surface area contributed by atoms with Gasteiger partial charge in [0.15, 0.2) is 11.5 Å². The molecule has 1 aromatic carbocycles. The number of amides is 1. The van der Waals surface area contributed by atoms with E-state index in [2.05, 4.69) is 10.4 Å². The van der Waals surface area contributed by atoms with Gasteiger partial charge in [-0.2, -0.15) is 5.10 Å². The summed E-state index contributed by atoms with van der Waals surface area (Å²) in [6.45, 7) is 0.389. The zero-order valence-electron chi connectivity index (χ0n) is 14.0. The van der Waals surface area contributed by atoms with Crippen LogP contribution in [-0.2, 0) is 23.5 Å². The molecule has 0 fully saturated rings. The summed E-state index contributed by atoms with van der Waals surface area (Å²) in [5.74, 6) is 0.341. The van der Waals surface area contributed by atoms with Crippen molar-refractivity contribution in [3.8, 4) is 11.5 Å². The molecule has 0 unspecified atom stereocenters. The van der Waals surface area contributed by atoms with Crippen LogP contribution in [0, 0.1) is 0 Å². The summed E-state index contributed by atoms with van der Waals surface area (Å²) in [6.07, 6.45) is 2.11. The maximum atomic E-state index is 12.2. The molecule has 3 N–H and O–H groups in total. The predicted molar refractivity (Wildman–Crippen MR) is 94.8 cm³/mol. The molecule has 8 nitrogen and oxygen atoms in total. The molecule has 0 saturated heterocycles. The first-order chi connectivity index (χ1) is 12.3. The third kappa shape index (κ3) is 4.01. The van der Waals surface area contributed by atoms with Gasteiger partial charge >= 0.3 is 0 Å². The number of carbonyl (C=O) groups excluding carboxylic acids is 1. The van der Waals surface area contributed by atoms with Gasteiger partial charge < -0.3 is 9.73 Å². The highest BCUT2D eigenvalue weighted by Gasteiger charge is 2.15. The third-order valence-corrected chi connectivity index (χ3v) is 4.77. The number of sulfonamides is 1. The first-order valence-corrected chi connectivity index (χ1v) is 9.37. The highest BCUT2D eigenvalue weighted by Crippen LogP contribution is 2.20. The number of aromatic nitrogens is 2. The van der Waals surface area contributed by atoms with Crippen molar-refractivity contribution in [2.45, 2.75) is 11.3 Å². The molecule has 0 atom stereocenters. The van der Waals surface area contributed by atoms with Gasteiger partial charge in [-0.3, -0.25) is 9.48 Å². The molecule has 9 heteroatoms. The topological polar surface area (TPSA) is 120 Å². The van der Waals surface area contributed by atoms with Crippen molar-refractivity contribution in [2.75, 3.05) is 6.54 Å². The third-order valence-electron chi connectivity index (χ3n) is 3.84. The van der Waals surface area contributed by atoms with Crippen LogP contribution in [0.3, 0.4) is 0 Å². The van der Waals surface area contributed by atoms with E-state index in [1.54, 1.807) is 48.3 Å². The van der Waals surface area contributed by atoms with Crippen LogP contribution in [0.5, 0.6) is 0 Å². The second-order valence-corrected chi connectivity index (χ2v) is 7.27. The van der Waals surface area contributed by atoms with Gasteiger partial charge in [-0.25, -0.2) is 13.6 Å². The number of primary sulfonamides is 1. The van der Waals surface area contributed by atoms with E-state index in [0.29, 0.717) is 30.1 Å². The van der Waals surface area contributed by atoms with Gasteiger partial charge in [0.1, 0.15) is 5.69 Å². The molecular weight excluding hydrogens is 356 g/mol. The Morgan fingerprint density at radius 1 is 1.27 bits per heavy atom. The molecule has 26 heavy (non-hydrogen) atoms. The summed E-state index contributed by atoms with van der Waals surface area (Å²) in [7, 11) is -1.96. The molecule has 3 rings (SSSR count). The molecule has 136 valence electrons. The summed E-state index contributed by atoms with van der Waals surface area (Å²) in [5.41, 5.74) is 1.89. The summed E-state index contributed by atoms with van der Waals surface area (Å²) in [6, 6.07) is 11.5. The second-order valence-electron chi connectivity index (χ2n) is 5.71. The molecule has 0 bridgehead atoms. The molecule has 0 aliphatic heterocycles. The van der Waals surface area contributed by atoms with Crippen LogP contribution in [0.15, 0.2) is 58.0 Å². The fourth-order valence-corrected chi connectivity index (χ4v) is 3.01. The molecule has 0 aliphatic rings. The van der Waals surface area contributed by atoms with Crippen LogP contribution in [0.25, 0.3) is 11.5 Å². The van der Waals surface area contributed by atoms with Crippen molar-refractivity contribution in [3.05, 3.63) is 60.0 Å². The Balaban J connectivity index is 1.59. The molecule has 3 aromatic rings. The molecular formula is C17H18N4O4S. The predicted octanol–water partition coefficient (Wildman–Crippen LogP) is 1.30. The van der Waals surface area contributed by atoms with Gasteiger partial charge in [-0.15, -0.1) is 0 Å². The van der Waals surface area contributed by atoms with Crippen molar-refractivity contribution in [2.24, 2.45) is 12.2 Å². The van der Waals surface area contributed by atoms with E-state index in [-0.39, 0.29) is 10.8 Å². The Morgan fingerprint density at radius 2 is 2.00 bits per heavy atom. The van der Waals surface area contributed by atoms with Crippen LogP contribution >= 0.6 is 0 Å². The van der Waals surface area contributed by atoms with Gasteiger partial charge in [0.05, 0.1) is 11.2 Å². The lowest BCUT2D eigenvalue weighted by Crippen LogP contribution is -2.26. The maximum Gasteiger partial charge on any atom is 0.271 e. The summed E-state index contributed by atoms with van der Waals surface area (Å²) >= 11 is 0. The Bertz CT molecular complexity index is 1010. The van der Waals surface area contributed by atoms with E-state index in [9.17, 15) is 13.2 Å². The Labute approximate surface area is 150 Å². The standard InChI is InChI=1S/C17H18N4O4S/c1-21-15(16-3-2-10-25-16)11-14(20-21)17(22)19-9-8-12-4-6-13(7-5-12)26(18,23)24/h2-7,10-11H,8-9H2,1H3,(H,19,22)(H2,18,23,24). The minimum atomic E-state index is -3.70. The number of carbonyl (C=O) groups is 1. The van der Waals surface area contributed by atoms with Gasteiger partial charge in [0, 0.05) is 19.7 Å². The minimum Gasteiger partial charge on any atom is -0.463 e. The number of rotatable bonds is 6. The highest BCUT2D eigenvalue weighted by atomic mass is 32.2. The van der Waals surface area contributed by atoms with E-state index < -0.39 is 10.0 Å². The van der Waals surface area contributed by atoms with Gasteiger partial charge in [-0.1, -0.05) is 12.1 Å². The second kappa shape index (κ2) is 7.14. The van der Waals surface area contributed by atoms with Crippen LogP contribution < -0.4 is 10.5 Å². The van der Waals surface area contributed by atoms with Crippen LogP contribution in [0.2, 0.25) is 0 Å². The Kier molecular flexibility index (Phi) is 4.92. The van der Waals surface area contributed by atoms with E-state index in [4.69, 9.17) is 9.56 Å². The normalized spacial score (nSPS) is 11.5. The zero-order valence-corrected chi connectivity index (χ0v) is 14.9. The smallest absolute Gasteiger partial charge is 0.271 e. The minimum absolute atomic E-state index is 0.0595. The number of furan rings is 1. The van der Waals surface area contributed by atoms with Crippen molar-refractivity contribution in [3.63, 3.8) is 0 Å². The fraction of sp³-hybridized carbons (Fsp3) is 0.176. The van der Waals surface area contributed by atoms with Crippen molar-refractivity contribution < 1.29 is 17.6 Å². The van der Waals surface area contributed by atoms with E-state index >= 15 is 0 Å². The quantitative estimate of drug-likeness (QED) is 0.674. The van der Waals surface area contributed by atoms with Gasteiger partial charge in [0.2, 0.25) is 10.0 Å². The molecule has 1 amide bonds. The van der Waals surface area contributed by atoms with E-state index in [1.165, 1.54) is 12.1 Å². The molecule has 0 spiro atoms. The number of hydrogen-bond acceptors (Lipinski definition) is 5. The lowest BCUT2D eigenvalue weighted by atomic mass is 10.1. The summed E-state index contributed by atoms with van der Waals surface area (Å²) < 4.78 is 29.4. The largest absolute Gasteiger partial charge is 0.463 e. The first-order valence-electron chi connectivity index (χ1n) is 7.82. The average Bonchev–Trinajstić information content (AvgIpc) is 3.23. The maximum absolute atomic E-state index is 12.2. The summed E-state index contributed by atoms with van der Waals surface area (Å²) in [4.78, 5) is 12.3. The molecule has 0 radical (unpaired) electrons. The monoisotopic (exact) mass is 374 g/mol. The number of nitrogens with two attached hydrogens (primary N) is 1. The number of nitrogens with one attached hydrogen (secondary N) is 1. The number of nitrogens with zero attached hydrogens (tertiary/aromatic N) is 2. The van der Waals surface area contributed by atoms with E-state index in [0.717, 1.165) is 5.56 Å².